The number of ether oxygens (including phenoxy) is 2. The molecule has 50 heavy (non-hydrogen) atoms. The topological polar surface area (TPSA) is 76.1 Å². The fraction of sp³-hybridized carbons (Fsp3) is 0.833. The van der Waals surface area contributed by atoms with Gasteiger partial charge in [0, 0.05) is 38.2 Å². The maximum Gasteiger partial charge on any atom is 0.306 e. The lowest BCUT2D eigenvalue weighted by atomic mass is 10.1. The standard InChI is InChI=1S/C42H78N2O5S/c1-5-9-11-13-15-17-19-25-31-41(46)48-36-29-23-21-27-33-44(40(45)39-50-38-35-43(7-3)8-4)34-28-22-24-30-37-49-42(47)32-26-20-18-16-14-12-10-6-2/h17-20H,5-16,21-39H2,1-4H3/b19-17-,20-18-. The van der Waals surface area contributed by atoms with E-state index < -0.39 is 0 Å². The summed E-state index contributed by atoms with van der Waals surface area (Å²) < 4.78 is 10.9. The maximum absolute atomic E-state index is 13.1. The van der Waals surface area contributed by atoms with Crippen LogP contribution in [0.15, 0.2) is 24.3 Å². The summed E-state index contributed by atoms with van der Waals surface area (Å²) >= 11 is 1.74. The zero-order valence-electron chi connectivity index (χ0n) is 33.1. The Morgan fingerprint density at radius 1 is 0.520 bits per heavy atom. The van der Waals surface area contributed by atoms with E-state index in [2.05, 4.69) is 61.8 Å². The van der Waals surface area contributed by atoms with Crippen LogP contribution in [-0.2, 0) is 23.9 Å². The van der Waals surface area contributed by atoms with E-state index in [-0.39, 0.29) is 17.8 Å². The van der Waals surface area contributed by atoms with Gasteiger partial charge in [0.25, 0.3) is 0 Å². The highest BCUT2D eigenvalue weighted by Gasteiger charge is 2.13. The van der Waals surface area contributed by atoms with Gasteiger partial charge < -0.3 is 19.3 Å². The summed E-state index contributed by atoms with van der Waals surface area (Å²) in [6, 6.07) is 0. The third kappa shape index (κ3) is 33.3. The number of esters is 2. The summed E-state index contributed by atoms with van der Waals surface area (Å²) in [6.07, 6.45) is 31.1. The molecule has 0 aliphatic rings. The summed E-state index contributed by atoms with van der Waals surface area (Å²) in [7, 11) is 0. The van der Waals surface area contributed by atoms with Crippen LogP contribution in [0, 0.1) is 0 Å². The highest BCUT2D eigenvalue weighted by Crippen LogP contribution is 2.11. The highest BCUT2D eigenvalue weighted by molar-refractivity contribution is 7.99. The van der Waals surface area contributed by atoms with Crippen molar-refractivity contribution in [3.05, 3.63) is 24.3 Å². The van der Waals surface area contributed by atoms with Crippen molar-refractivity contribution in [2.75, 3.05) is 57.4 Å². The molecule has 0 saturated carbocycles. The molecule has 0 aliphatic heterocycles. The van der Waals surface area contributed by atoms with Crippen molar-refractivity contribution in [3.8, 4) is 0 Å². The number of carbonyl (C=O) groups is 3. The number of rotatable bonds is 37. The smallest absolute Gasteiger partial charge is 0.306 e. The molecule has 0 N–H and O–H groups in total. The zero-order chi connectivity index (χ0) is 36.8. The van der Waals surface area contributed by atoms with E-state index in [4.69, 9.17) is 9.47 Å². The van der Waals surface area contributed by atoms with Crippen molar-refractivity contribution in [1.29, 1.82) is 0 Å². The monoisotopic (exact) mass is 723 g/mol. The van der Waals surface area contributed by atoms with Gasteiger partial charge in [-0.05, 0) is 90.1 Å². The van der Waals surface area contributed by atoms with E-state index in [0.717, 1.165) is 116 Å². The zero-order valence-corrected chi connectivity index (χ0v) is 33.9. The predicted octanol–water partition coefficient (Wildman–Crippen LogP) is 10.7. The van der Waals surface area contributed by atoms with Gasteiger partial charge in [0.2, 0.25) is 5.91 Å². The number of amides is 1. The number of hydrogen-bond acceptors (Lipinski definition) is 7. The normalized spacial score (nSPS) is 11.6. The summed E-state index contributed by atoms with van der Waals surface area (Å²) in [5.41, 5.74) is 0. The van der Waals surface area contributed by atoms with Crippen molar-refractivity contribution in [1.82, 2.24) is 9.80 Å². The molecular formula is C42H78N2O5S. The minimum atomic E-state index is -0.106. The summed E-state index contributed by atoms with van der Waals surface area (Å²) in [5.74, 6) is 1.54. The predicted molar refractivity (Wildman–Crippen MR) is 215 cm³/mol. The Kier molecular flexibility index (Phi) is 37.0. The number of carbonyl (C=O) groups excluding carboxylic acids is 3. The van der Waals surface area contributed by atoms with Crippen LogP contribution < -0.4 is 0 Å². The van der Waals surface area contributed by atoms with Gasteiger partial charge in [0.05, 0.1) is 19.0 Å². The number of allylic oxidation sites excluding steroid dienone is 4. The Balaban J connectivity index is 4.24. The third-order valence-corrected chi connectivity index (χ3v) is 9.93. The van der Waals surface area contributed by atoms with Gasteiger partial charge in [-0.15, -0.1) is 0 Å². The van der Waals surface area contributed by atoms with Gasteiger partial charge in [-0.1, -0.05) is 103 Å². The fourth-order valence-corrected chi connectivity index (χ4v) is 6.52. The van der Waals surface area contributed by atoms with Gasteiger partial charge in [-0.2, -0.15) is 11.8 Å². The Morgan fingerprint density at radius 2 is 0.960 bits per heavy atom. The first-order valence-electron chi connectivity index (χ1n) is 20.7. The molecule has 0 unspecified atom stereocenters. The Morgan fingerprint density at radius 3 is 1.42 bits per heavy atom. The van der Waals surface area contributed by atoms with E-state index in [1.165, 1.54) is 51.4 Å². The van der Waals surface area contributed by atoms with Crippen molar-refractivity contribution >= 4 is 29.6 Å². The van der Waals surface area contributed by atoms with Gasteiger partial charge in [0.15, 0.2) is 0 Å². The SMILES string of the molecule is CCCCCC/C=C\CCC(=O)OCCCCCCN(CCCCCCOC(=O)CC/C=C\CCCCCC)C(=O)CSCCN(CC)CC. The van der Waals surface area contributed by atoms with Crippen molar-refractivity contribution in [2.24, 2.45) is 0 Å². The lowest BCUT2D eigenvalue weighted by Gasteiger charge is -2.23. The lowest BCUT2D eigenvalue weighted by molar-refractivity contribution is -0.144. The molecular weight excluding hydrogens is 645 g/mol. The van der Waals surface area contributed by atoms with Crippen LogP contribution in [0.4, 0.5) is 0 Å². The largest absolute Gasteiger partial charge is 0.466 e. The molecule has 0 saturated heterocycles. The second kappa shape index (κ2) is 38.4. The molecule has 7 nitrogen and oxygen atoms in total. The fourth-order valence-electron chi connectivity index (χ4n) is 5.63. The van der Waals surface area contributed by atoms with E-state index in [1.807, 2.05) is 0 Å². The first-order chi connectivity index (χ1) is 24.5. The first kappa shape index (κ1) is 48.2. The van der Waals surface area contributed by atoms with Gasteiger partial charge in [-0.3, -0.25) is 14.4 Å². The van der Waals surface area contributed by atoms with Gasteiger partial charge in [-0.25, -0.2) is 0 Å². The van der Waals surface area contributed by atoms with Crippen molar-refractivity contribution in [3.63, 3.8) is 0 Å². The molecule has 292 valence electrons. The maximum atomic E-state index is 13.1. The van der Waals surface area contributed by atoms with Crippen molar-refractivity contribution < 1.29 is 23.9 Å². The highest BCUT2D eigenvalue weighted by atomic mass is 32.2. The van der Waals surface area contributed by atoms with Crippen LogP contribution in [0.2, 0.25) is 0 Å². The average molecular weight is 723 g/mol. The minimum absolute atomic E-state index is 0.106. The Hall–Kier alpha value is -1.80. The number of nitrogens with zero attached hydrogens (tertiary/aromatic N) is 2. The molecule has 0 rings (SSSR count). The molecule has 1 amide bonds. The Bertz CT molecular complexity index is 794. The van der Waals surface area contributed by atoms with E-state index in [9.17, 15) is 14.4 Å². The molecule has 0 spiro atoms. The minimum Gasteiger partial charge on any atom is -0.466 e. The molecule has 0 fully saturated rings. The average Bonchev–Trinajstić information content (AvgIpc) is 3.12. The van der Waals surface area contributed by atoms with Crippen LogP contribution in [0.5, 0.6) is 0 Å². The summed E-state index contributed by atoms with van der Waals surface area (Å²) in [5, 5.41) is 0. The molecule has 0 aromatic rings. The molecule has 0 atom stereocenters. The lowest BCUT2D eigenvalue weighted by Crippen LogP contribution is -2.34. The van der Waals surface area contributed by atoms with Gasteiger partial charge in [0.1, 0.15) is 0 Å². The van der Waals surface area contributed by atoms with Crippen LogP contribution in [-0.4, -0.2) is 85.1 Å². The number of hydrogen-bond donors (Lipinski definition) is 0. The Labute approximate surface area is 313 Å². The number of unbranched alkanes of at least 4 members (excludes halogenated alkanes) is 14. The molecule has 0 aromatic heterocycles. The molecule has 0 heterocycles. The van der Waals surface area contributed by atoms with E-state index in [1.54, 1.807) is 11.8 Å². The van der Waals surface area contributed by atoms with Crippen molar-refractivity contribution in [2.45, 2.75) is 169 Å². The summed E-state index contributed by atoms with van der Waals surface area (Å²) in [6.45, 7) is 14.4. The quantitative estimate of drug-likeness (QED) is 0.0359. The summed E-state index contributed by atoms with van der Waals surface area (Å²) in [4.78, 5) is 41.6. The van der Waals surface area contributed by atoms with Crippen LogP contribution in [0.25, 0.3) is 0 Å². The molecule has 0 bridgehead atoms. The first-order valence-corrected chi connectivity index (χ1v) is 21.8. The third-order valence-electron chi connectivity index (χ3n) is 9.01. The van der Waals surface area contributed by atoms with Crippen LogP contribution in [0.1, 0.15) is 169 Å². The molecule has 0 aliphatic carbocycles. The van der Waals surface area contributed by atoms with Crippen LogP contribution >= 0.6 is 11.8 Å². The van der Waals surface area contributed by atoms with E-state index >= 15 is 0 Å². The molecule has 0 aromatic carbocycles. The number of thioether (sulfide) groups is 1. The van der Waals surface area contributed by atoms with Gasteiger partial charge >= 0.3 is 11.9 Å². The van der Waals surface area contributed by atoms with Crippen LogP contribution in [0.3, 0.4) is 0 Å². The second-order valence-corrected chi connectivity index (χ2v) is 14.6. The molecule has 8 heteroatoms. The molecule has 0 radical (unpaired) electrons. The second-order valence-electron chi connectivity index (χ2n) is 13.4. The van der Waals surface area contributed by atoms with E-state index in [0.29, 0.717) is 31.8 Å².